The smallest absolute Gasteiger partial charge is 0.379 e. The minimum absolute atomic E-state index is 0.0266. The number of esters is 2. The molecule has 2 aromatic carbocycles. The summed E-state index contributed by atoms with van der Waals surface area (Å²) in [7, 11) is 0. The quantitative estimate of drug-likeness (QED) is 0.268. The fourth-order valence-electron chi connectivity index (χ4n) is 3.33. The van der Waals surface area contributed by atoms with Gasteiger partial charge in [0.15, 0.2) is 12.4 Å². The van der Waals surface area contributed by atoms with Gasteiger partial charge in [-0.15, -0.1) is 0 Å². The van der Waals surface area contributed by atoms with Crippen molar-refractivity contribution in [2.75, 3.05) is 18.1 Å². The normalized spacial score (nSPS) is 15.4. The van der Waals surface area contributed by atoms with Crippen LogP contribution in [0, 0.1) is 5.92 Å². The summed E-state index contributed by atoms with van der Waals surface area (Å²) in [6.45, 7) is -0.253. The highest BCUT2D eigenvalue weighted by atomic mass is 79.9. The molecule has 1 fully saturated rings. The highest BCUT2D eigenvalue weighted by Crippen LogP contribution is 2.27. The average Bonchev–Trinajstić information content (AvgIpc) is 3.49. The van der Waals surface area contributed by atoms with Crippen molar-refractivity contribution in [1.82, 2.24) is 0 Å². The van der Waals surface area contributed by atoms with Crippen molar-refractivity contribution in [3.05, 3.63) is 82.7 Å². The predicted molar refractivity (Wildman–Crippen MR) is 120 cm³/mol. The van der Waals surface area contributed by atoms with E-state index in [0.717, 1.165) is 4.47 Å². The lowest BCUT2D eigenvalue weighted by molar-refractivity contribution is -0.147. The Balaban J connectivity index is 1.28. The zero-order chi connectivity index (χ0) is 23.4. The minimum Gasteiger partial charge on any atom is -0.457 e. The number of carbonyl (C=O) groups excluding carboxylic acids is 4. The average molecular weight is 512 g/mol. The van der Waals surface area contributed by atoms with Crippen LogP contribution in [0.15, 0.2) is 75.8 Å². The zero-order valence-corrected chi connectivity index (χ0v) is 18.8. The van der Waals surface area contributed by atoms with E-state index < -0.39 is 30.2 Å². The van der Waals surface area contributed by atoms with Crippen molar-refractivity contribution < 1.29 is 33.1 Å². The van der Waals surface area contributed by atoms with Gasteiger partial charge >= 0.3 is 11.9 Å². The van der Waals surface area contributed by atoms with E-state index in [1.165, 1.54) is 41.5 Å². The van der Waals surface area contributed by atoms with Gasteiger partial charge in [-0.25, -0.2) is 4.79 Å². The number of halogens is 1. The zero-order valence-electron chi connectivity index (χ0n) is 17.2. The van der Waals surface area contributed by atoms with Gasteiger partial charge in [0.1, 0.15) is 5.75 Å². The number of carbonyl (C=O) groups is 4. The summed E-state index contributed by atoms with van der Waals surface area (Å²) in [5.41, 5.74) is 0.988. The Morgan fingerprint density at radius 2 is 1.76 bits per heavy atom. The maximum absolute atomic E-state index is 12.4. The van der Waals surface area contributed by atoms with Crippen molar-refractivity contribution in [1.29, 1.82) is 0 Å². The van der Waals surface area contributed by atoms with Gasteiger partial charge in [0.2, 0.25) is 11.7 Å². The molecule has 1 aromatic heterocycles. The van der Waals surface area contributed by atoms with Gasteiger partial charge in [-0.2, -0.15) is 0 Å². The summed E-state index contributed by atoms with van der Waals surface area (Å²) in [5.74, 6) is -2.19. The SMILES string of the molecule is O=C(COC(=O)[C@@H]1CC(=O)N(c2ccc(Br)cc2)C1)c1ccc(OC(=O)c2ccco2)cc1. The summed E-state index contributed by atoms with van der Waals surface area (Å²) in [6.07, 6.45) is 1.39. The molecule has 8 nitrogen and oxygen atoms in total. The van der Waals surface area contributed by atoms with E-state index in [2.05, 4.69) is 15.9 Å². The van der Waals surface area contributed by atoms with Crippen molar-refractivity contribution in [3.8, 4) is 5.75 Å². The van der Waals surface area contributed by atoms with Crippen LogP contribution in [0.2, 0.25) is 0 Å². The van der Waals surface area contributed by atoms with Crippen LogP contribution in [0.25, 0.3) is 0 Å². The third-order valence-corrected chi connectivity index (χ3v) is 5.58. The molecule has 0 N–H and O–H groups in total. The first-order valence-electron chi connectivity index (χ1n) is 10.0. The lowest BCUT2D eigenvalue weighted by Gasteiger charge is -2.16. The van der Waals surface area contributed by atoms with Crippen molar-refractivity contribution in [3.63, 3.8) is 0 Å². The number of furan rings is 1. The summed E-state index contributed by atoms with van der Waals surface area (Å²) < 4.78 is 16.2. The number of nitrogens with zero attached hydrogens (tertiary/aromatic N) is 1. The number of Topliss-reactive ketones (excluding diaryl/α,β-unsaturated/α-hetero) is 1. The molecule has 33 heavy (non-hydrogen) atoms. The van der Waals surface area contributed by atoms with Gasteiger partial charge < -0.3 is 18.8 Å². The van der Waals surface area contributed by atoms with Crippen molar-refractivity contribution in [2.24, 2.45) is 5.92 Å². The molecule has 168 valence electrons. The Kier molecular flexibility index (Phi) is 6.69. The topological polar surface area (TPSA) is 103 Å². The Bertz CT molecular complexity index is 1170. The molecule has 3 aromatic rings. The molecule has 2 heterocycles. The summed E-state index contributed by atoms with van der Waals surface area (Å²) in [6, 6.07) is 16.1. The third kappa shape index (κ3) is 5.38. The number of benzene rings is 2. The molecule has 0 unspecified atom stereocenters. The van der Waals surface area contributed by atoms with E-state index in [-0.39, 0.29) is 30.4 Å². The number of amides is 1. The number of hydrogen-bond acceptors (Lipinski definition) is 7. The summed E-state index contributed by atoms with van der Waals surface area (Å²) >= 11 is 3.34. The monoisotopic (exact) mass is 511 g/mol. The van der Waals surface area contributed by atoms with Crippen LogP contribution in [0.4, 0.5) is 5.69 Å². The highest BCUT2D eigenvalue weighted by molar-refractivity contribution is 9.10. The lowest BCUT2D eigenvalue weighted by Crippen LogP contribution is -2.27. The lowest BCUT2D eigenvalue weighted by atomic mass is 10.1. The molecule has 0 radical (unpaired) electrons. The standard InChI is InChI=1S/C24H18BrNO7/c25-17-5-7-18(8-6-17)26-13-16(12-22(26)28)23(29)32-14-20(27)15-3-9-19(10-4-15)33-24(30)21-2-1-11-31-21/h1-11,16H,12-14H2/t16-/m1/s1. The molecular weight excluding hydrogens is 494 g/mol. The Morgan fingerprint density at radius 3 is 2.42 bits per heavy atom. The molecule has 1 saturated heterocycles. The molecular formula is C24H18BrNO7. The first kappa shape index (κ1) is 22.5. The molecule has 0 spiro atoms. The molecule has 1 atom stereocenters. The second kappa shape index (κ2) is 9.83. The number of hydrogen-bond donors (Lipinski definition) is 0. The number of rotatable bonds is 7. The number of ketones is 1. The van der Waals surface area contributed by atoms with E-state index in [0.29, 0.717) is 11.3 Å². The second-order valence-electron chi connectivity index (χ2n) is 7.30. The van der Waals surface area contributed by atoms with Gasteiger partial charge in [0, 0.05) is 28.7 Å². The van der Waals surface area contributed by atoms with Crippen LogP contribution in [0.1, 0.15) is 27.3 Å². The maximum atomic E-state index is 12.4. The van der Waals surface area contributed by atoms with Crippen LogP contribution in [0.5, 0.6) is 5.75 Å². The largest absolute Gasteiger partial charge is 0.457 e. The van der Waals surface area contributed by atoms with E-state index >= 15 is 0 Å². The summed E-state index contributed by atoms with van der Waals surface area (Å²) in [4.78, 5) is 50.5. The van der Waals surface area contributed by atoms with E-state index in [9.17, 15) is 19.2 Å². The molecule has 9 heteroatoms. The fraction of sp³-hybridized carbons (Fsp3) is 0.167. The van der Waals surface area contributed by atoms with Crippen LogP contribution in [-0.2, 0) is 14.3 Å². The molecule has 4 rings (SSSR count). The molecule has 0 saturated carbocycles. The Hall–Kier alpha value is -3.72. The fourth-order valence-corrected chi connectivity index (χ4v) is 3.60. The Morgan fingerprint density at radius 1 is 1.03 bits per heavy atom. The van der Waals surface area contributed by atoms with Crippen molar-refractivity contribution >= 4 is 45.2 Å². The molecule has 0 aliphatic carbocycles. The van der Waals surface area contributed by atoms with Crippen molar-refractivity contribution in [2.45, 2.75) is 6.42 Å². The van der Waals surface area contributed by atoms with Gasteiger partial charge in [0.25, 0.3) is 0 Å². The van der Waals surface area contributed by atoms with Crippen LogP contribution in [-0.4, -0.2) is 36.8 Å². The predicted octanol–water partition coefficient (Wildman–Crippen LogP) is 4.04. The second-order valence-corrected chi connectivity index (χ2v) is 8.22. The third-order valence-electron chi connectivity index (χ3n) is 5.05. The van der Waals surface area contributed by atoms with Crippen LogP contribution < -0.4 is 9.64 Å². The van der Waals surface area contributed by atoms with Gasteiger partial charge in [0.05, 0.1) is 12.2 Å². The highest BCUT2D eigenvalue weighted by Gasteiger charge is 2.36. The maximum Gasteiger partial charge on any atom is 0.379 e. The van der Waals surface area contributed by atoms with Gasteiger partial charge in [-0.1, -0.05) is 15.9 Å². The van der Waals surface area contributed by atoms with Crippen LogP contribution >= 0.6 is 15.9 Å². The van der Waals surface area contributed by atoms with Gasteiger partial charge in [-0.3, -0.25) is 14.4 Å². The first-order valence-corrected chi connectivity index (χ1v) is 10.8. The van der Waals surface area contributed by atoms with E-state index in [1.807, 2.05) is 12.1 Å². The Labute approximate surface area is 197 Å². The molecule has 1 aliphatic rings. The molecule has 1 aliphatic heterocycles. The number of ether oxygens (including phenoxy) is 2. The molecule has 1 amide bonds. The minimum atomic E-state index is -0.656. The first-order chi connectivity index (χ1) is 15.9. The number of anilines is 1. The van der Waals surface area contributed by atoms with E-state index in [1.54, 1.807) is 18.2 Å². The summed E-state index contributed by atoms with van der Waals surface area (Å²) in [5, 5.41) is 0. The van der Waals surface area contributed by atoms with Crippen LogP contribution in [0.3, 0.4) is 0 Å². The van der Waals surface area contributed by atoms with E-state index in [4.69, 9.17) is 13.9 Å². The van der Waals surface area contributed by atoms with Gasteiger partial charge in [-0.05, 0) is 60.7 Å². The molecule has 0 bridgehead atoms.